The summed E-state index contributed by atoms with van der Waals surface area (Å²) in [6.07, 6.45) is 5.22. The minimum atomic E-state index is -0.196. The molecule has 1 atom stereocenters. The van der Waals surface area contributed by atoms with Crippen LogP contribution in [0.1, 0.15) is 55.3 Å². The third-order valence-corrected chi connectivity index (χ3v) is 4.73. The van der Waals surface area contributed by atoms with Crippen molar-refractivity contribution in [1.29, 1.82) is 0 Å². The minimum Gasteiger partial charge on any atom is -0.396 e. The van der Waals surface area contributed by atoms with Crippen LogP contribution in [0.25, 0.3) is 0 Å². The molecule has 1 aliphatic rings. The summed E-state index contributed by atoms with van der Waals surface area (Å²) >= 11 is 1.93. The summed E-state index contributed by atoms with van der Waals surface area (Å²) in [6, 6.07) is 0. The molecule has 1 aliphatic heterocycles. The normalized spacial score (nSPS) is 19.1. The maximum Gasteiger partial charge on any atom is 0.272 e. The predicted octanol–water partition coefficient (Wildman–Crippen LogP) is 2.20. The zero-order valence-corrected chi connectivity index (χ0v) is 12.9. The largest absolute Gasteiger partial charge is 0.396 e. The van der Waals surface area contributed by atoms with E-state index in [4.69, 9.17) is 5.73 Å². The van der Waals surface area contributed by atoms with Gasteiger partial charge in [-0.05, 0) is 18.6 Å². The number of thioether (sulfide) groups is 1. The lowest BCUT2D eigenvalue weighted by Crippen LogP contribution is -2.33. The molecule has 1 aromatic rings. The summed E-state index contributed by atoms with van der Waals surface area (Å²) in [5.74, 6) is 1.82. The molecule has 1 saturated heterocycles. The molecule has 20 heavy (non-hydrogen) atoms. The van der Waals surface area contributed by atoms with Gasteiger partial charge >= 0.3 is 0 Å². The van der Waals surface area contributed by atoms with Gasteiger partial charge in [-0.3, -0.25) is 4.79 Å². The van der Waals surface area contributed by atoms with E-state index in [0.29, 0.717) is 29.0 Å². The summed E-state index contributed by atoms with van der Waals surface area (Å²) < 4.78 is 0. The second-order valence-electron chi connectivity index (χ2n) is 5.39. The van der Waals surface area contributed by atoms with Gasteiger partial charge in [0.05, 0.1) is 11.9 Å². The summed E-state index contributed by atoms with van der Waals surface area (Å²) in [6.45, 7) is 4.67. The fourth-order valence-electron chi connectivity index (χ4n) is 2.12. The van der Waals surface area contributed by atoms with E-state index in [1.807, 2.05) is 25.6 Å². The highest BCUT2D eigenvalue weighted by atomic mass is 32.2. The third kappa shape index (κ3) is 3.85. The van der Waals surface area contributed by atoms with Crippen LogP contribution in [0, 0.1) is 0 Å². The first-order chi connectivity index (χ1) is 9.58. The zero-order valence-electron chi connectivity index (χ0n) is 12.1. The van der Waals surface area contributed by atoms with Gasteiger partial charge in [0.15, 0.2) is 5.69 Å². The third-order valence-electron chi connectivity index (χ3n) is 3.33. The lowest BCUT2D eigenvalue weighted by atomic mass is 10.2. The monoisotopic (exact) mass is 294 g/mol. The molecule has 1 unspecified atom stereocenters. The number of carbonyl (C=O) groups excluding carboxylic acids is 1. The molecular weight excluding hydrogens is 272 g/mol. The van der Waals surface area contributed by atoms with Gasteiger partial charge < -0.3 is 11.1 Å². The van der Waals surface area contributed by atoms with Gasteiger partial charge in [-0.25, -0.2) is 9.97 Å². The molecule has 110 valence electrons. The molecule has 0 radical (unpaired) electrons. The van der Waals surface area contributed by atoms with E-state index in [2.05, 4.69) is 15.3 Å². The molecule has 5 nitrogen and oxygen atoms in total. The first-order valence-electron chi connectivity index (χ1n) is 7.10. The van der Waals surface area contributed by atoms with Gasteiger partial charge in [-0.15, -0.1) is 0 Å². The second kappa shape index (κ2) is 6.92. The Bertz CT molecular complexity index is 472. The van der Waals surface area contributed by atoms with Crippen LogP contribution in [-0.4, -0.2) is 33.4 Å². The van der Waals surface area contributed by atoms with Gasteiger partial charge in [0.25, 0.3) is 5.91 Å². The summed E-state index contributed by atoms with van der Waals surface area (Å²) in [7, 11) is 0. The fourth-order valence-corrected chi connectivity index (χ4v) is 3.36. The van der Waals surface area contributed by atoms with Crippen LogP contribution in [0.5, 0.6) is 0 Å². The summed E-state index contributed by atoms with van der Waals surface area (Å²) in [5, 5.41) is 3.46. The topological polar surface area (TPSA) is 80.9 Å². The van der Waals surface area contributed by atoms with Crippen molar-refractivity contribution in [1.82, 2.24) is 15.3 Å². The Morgan fingerprint density at radius 2 is 2.35 bits per heavy atom. The molecule has 1 amide bonds. The number of nitrogens with zero attached hydrogens (tertiary/aromatic N) is 2. The lowest BCUT2D eigenvalue weighted by Gasteiger charge is -2.21. The number of carbonyl (C=O) groups is 1. The summed E-state index contributed by atoms with van der Waals surface area (Å²) in [4.78, 5) is 20.6. The predicted molar refractivity (Wildman–Crippen MR) is 83.0 cm³/mol. The number of nitrogens with two attached hydrogens (primary N) is 1. The number of nitrogen functional groups attached to an aromatic ring is 1. The maximum absolute atomic E-state index is 12.2. The maximum atomic E-state index is 12.2. The highest BCUT2D eigenvalue weighted by Gasteiger charge is 2.18. The van der Waals surface area contributed by atoms with Gasteiger partial charge in [-0.2, -0.15) is 11.8 Å². The average Bonchev–Trinajstić information content (AvgIpc) is 2.46. The van der Waals surface area contributed by atoms with E-state index in [9.17, 15) is 4.79 Å². The van der Waals surface area contributed by atoms with Crippen molar-refractivity contribution in [3.63, 3.8) is 0 Å². The lowest BCUT2D eigenvalue weighted by molar-refractivity contribution is 0.0949. The SMILES string of the molecule is CC(C)c1ncc(N)c(C(=O)NCC2CCCCS2)n1. The number of aromatic nitrogens is 2. The average molecular weight is 294 g/mol. The summed E-state index contributed by atoms with van der Waals surface area (Å²) in [5.41, 5.74) is 6.44. The number of amides is 1. The smallest absolute Gasteiger partial charge is 0.272 e. The number of anilines is 1. The Hall–Kier alpha value is -1.30. The van der Waals surface area contributed by atoms with Gasteiger partial charge in [0.1, 0.15) is 5.82 Å². The van der Waals surface area contributed by atoms with Crippen molar-refractivity contribution in [3.05, 3.63) is 17.7 Å². The van der Waals surface area contributed by atoms with Crippen LogP contribution >= 0.6 is 11.8 Å². The number of rotatable bonds is 4. The van der Waals surface area contributed by atoms with Crippen LogP contribution in [-0.2, 0) is 0 Å². The Morgan fingerprint density at radius 3 is 3.00 bits per heavy atom. The molecule has 0 bridgehead atoms. The zero-order chi connectivity index (χ0) is 14.5. The van der Waals surface area contributed by atoms with Crippen LogP contribution in [0.3, 0.4) is 0 Å². The van der Waals surface area contributed by atoms with Crippen molar-refractivity contribution < 1.29 is 4.79 Å². The van der Waals surface area contributed by atoms with E-state index in [1.165, 1.54) is 31.2 Å². The first kappa shape index (κ1) is 15.1. The van der Waals surface area contributed by atoms with Gasteiger partial charge in [0, 0.05) is 17.7 Å². The minimum absolute atomic E-state index is 0.177. The molecule has 3 N–H and O–H groups in total. The van der Waals surface area contributed by atoms with Crippen molar-refractivity contribution in [2.24, 2.45) is 0 Å². The van der Waals surface area contributed by atoms with Crippen molar-refractivity contribution in [2.45, 2.75) is 44.3 Å². The first-order valence-corrected chi connectivity index (χ1v) is 8.15. The van der Waals surface area contributed by atoms with Crippen molar-refractivity contribution >= 4 is 23.4 Å². The van der Waals surface area contributed by atoms with Crippen LogP contribution < -0.4 is 11.1 Å². The van der Waals surface area contributed by atoms with E-state index in [0.717, 1.165) is 0 Å². The number of hydrogen-bond donors (Lipinski definition) is 2. The Morgan fingerprint density at radius 1 is 1.55 bits per heavy atom. The molecule has 6 heteroatoms. The number of hydrogen-bond acceptors (Lipinski definition) is 5. The van der Waals surface area contributed by atoms with Crippen molar-refractivity contribution in [3.8, 4) is 0 Å². The highest BCUT2D eigenvalue weighted by Crippen LogP contribution is 2.24. The van der Waals surface area contributed by atoms with Gasteiger partial charge in [-0.1, -0.05) is 20.3 Å². The molecule has 0 saturated carbocycles. The molecule has 1 aromatic heterocycles. The molecule has 0 spiro atoms. The van der Waals surface area contributed by atoms with Crippen LogP contribution in [0.15, 0.2) is 6.20 Å². The van der Waals surface area contributed by atoms with Gasteiger partial charge in [0.2, 0.25) is 0 Å². The Kier molecular flexibility index (Phi) is 5.23. The Labute approximate surface area is 124 Å². The second-order valence-corrected chi connectivity index (χ2v) is 6.79. The molecule has 0 aromatic carbocycles. The Balaban J connectivity index is 1.99. The van der Waals surface area contributed by atoms with Crippen LogP contribution in [0.2, 0.25) is 0 Å². The van der Waals surface area contributed by atoms with E-state index >= 15 is 0 Å². The highest BCUT2D eigenvalue weighted by molar-refractivity contribution is 7.99. The molecule has 1 fully saturated rings. The van der Waals surface area contributed by atoms with Crippen LogP contribution in [0.4, 0.5) is 5.69 Å². The quantitative estimate of drug-likeness (QED) is 0.889. The molecule has 2 heterocycles. The fraction of sp³-hybridized carbons (Fsp3) is 0.643. The molecular formula is C14H22N4OS. The van der Waals surface area contributed by atoms with E-state index < -0.39 is 0 Å². The standard InChI is InChI=1S/C14H22N4OS/c1-9(2)13-16-8-11(15)12(18-13)14(19)17-7-10-5-3-4-6-20-10/h8-10H,3-7,15H2,1-2H3,(H,17,19). The molecule has 0 aliphatic carbocycles. The van der Waals surface area contributed by atoms with Crippen molar-refractivity contribution in [2.75, 3.05) is 18.0 Å². The number of nitrogens with one attached hydrogen (secondary N) is 1. The van der Waals surface area contributed by atoms with E-state index in [-0.39, 0.29) is 11.8 Å². The molecule has 2 rings (SSSR count). The van der Waals surface area contributed by atoms with E-state index in [1.54, 1.807) is 0 Å².